The SMILES string of the molecule is CC1COC(=S)Nc2ccc(NS(=O)(=O)c3ccccc3F)cc21. The molecule has 8 heteroatoms. The number of halogens is 1. The quantitative estimate of drug-likeness (QED) is 0.815. The number of hydrogen-bond acceptors (Lipinski definition) is 4. The lowest BCUT2D eigenvalue weighted by Crippen LogP contribution is -2.15. The molecule has 0 spiro atoms. The summed E-state index contributed by atoms with van der Waals surface area (Å²) in [6, 6.07) is 10.2. The van der Waals surface area contributed by atoms with Crippen LogP contribution in [0.3, 0.4) is 0 Å². The van der Waals surface area contributed by atoms with Crippen LogP contribution in [0.2, 0.25) is 0 Å². The van der Waals surface area contributed by atoms with Gasteiger partial charge >= 0.3 is 0 Å². The Morgan fingerprint density at radius 3 is 2.79 bits per heavy atom. The molecule has 0 fully saturated rings. The fourth-order valence-corrected chi connectivity index (χ4v) is 3.76. The van der Waals surface area contributed by atoms with Crippen molar-refractivity contribution in [3.63, 3.8) is 0 Å². The number of fused-ring (bicyclic) bond motifs is 1. The Hall–Kier alpha value is -2.19. The maximum Gasteiger partial charge on any atom is 0.264 e. The van der Waals surface area contributed by atoms with Crippen LogP contribution in [-0.4, -0.2) is 20.2 Å². The van der Waals surface area contributed by atoms with Crippen molar-refractivity contribution in [2.45, 2.75) is 17.7 Å². The van der Waals surface area contributed by atoms with Crippen molar-refractivity contribution in [1.82, 2.24) is 0 Å². The number of sulfonamides is 1. The Labute approximate surface area is 144 Å². The molecule has 0 saturated carbocycles. The molecule has 1 unspecified atom stereocenters. The standard InChI is InChI=1S/C16H15FN2O3S2/c1-10-9-22-16(23)18-14-7-6-11(8-12(10)14)19-24(20,21)15-5-3-2-4-13(15)17/h2-8,10,19H,9H2,1H3,(H,18,23). The highest BCUT2D eigenvalue weighted by Gasteiger charge is 2.21. The summed E-state index contributed by atoms with van der Waals surface area (Å²) < 4.78 is 46.3. The molecule has 3 rings (SSSR count). The topological polar surface area (TPSA) is 67.4 Å². The number of rotatable bonds is 3. The molecule has 1 atom stereocenters. The first-order valence-corrected chi connectivity index (χ1v) is 9.11. The van der Waals surface area contributed by atoms with Crippen molar-refractivity contribution in [2.24, 2.45) is 0 Å². The summed E-state index contributed by atoms with van der Waals surface area (Å²) in [6.07, 6.45) is 0. The maximum atomic E-state index is 13.8. The van der Waals surface area contributed by atoms with Gasteiger partial charge in [-0.25, -0.2) is 12.8 Å². The number of anilines is 2. The first-order valence-electron chi connectivity index (χ1n) is 7.22. The van der Waals surface area contributed by atoms with Gasteiger partial charge in [0.15, 0.2) is 0 Å². The first kappa shape index (κ1) is 16.7. The van der Waals surface area contributed by atoms with E-state index in [1.54, 1.807) is 18.2 Å². The van der Waals surface area contributed by atoms with E-state index in [-0.39, 0.29) is 11.1 Å². The largest absolute Gasteiger partial charge is 0.470 e. The molecule has 0 aliphatic carbocycles. The minimum atomic E-state index is -4.01. The van der Waals surface area contributed by atoms with Crippen molar-refractivity contribution in [2.75, 3.05) is 16.6 Å². The summed E-state index contributed by atoms with van der Waals surface area (Å²) in [5.74, 6) is -0.778. The molecule has 24 heavy (non-hydrogen) atoms. The van der Waals surface area contributed by atoms with E-state index in [1.807, 2.05) is 6.92 Å². The summed E-state index contributed by atoms with van der Waals surface area (Å²) in [7, 11) is -4.01. The van der Waals surface area contributed by atoms with Gasteiger partial charge in [-0.3, -0.25) is 4.72 Å². The van der Waals surface area contributed by atoms with E-state index >= 15 is 0 Å². The van der Waals surface area contributed by atoms with E-state index in [9.17, 15) is 12.8 Å². The van der Waals surface area contributed by atoms with Crippen molar-refractivity contribution >= 4 is 38.8 Å². The summed E-state index contributed by atoms with van der Waals surface area (Å²) in [5, 5.41) is 3.23. The molecule has 1 aliphatic rings. The molecule has 5 nitrogen and oxygen atoms in total. The fourth-order valence-electron chi connectivity index (χ4n) is 2.46. The molecule has 1 heterocycles. The number of hydrogen-bond donors (Lipinski definition) is 2. The predicted octanol–water partition coefficient (Wildman–Crippen LogP) is 3.46. The summed E-state index contributed by atoms with van der Waals surface area (Å²) in [4.78, 5) is -0.393. The van der Waals surface area contributed by atoms with Crippen LogP contribution in [0.25, 0.3) is 0 Å². The lowest BCUT2D eigenvalue weighted by atomic mass is 10.00. The Morgan fingerprint density at radius 1 is 1.29 bits per heavy atom. The molecule has 0 amide bonds. The summed E-state index contributed by atoms with van der Waals surface area (Å²) in [6.45, 7) is 2.34. The van der Waals surface area contributed by atoms with Crippen LogP contribution in [0.5, 0.6) is 0 Å². The van der Waals surface area contributed by atoms with Gasteiger partial charge in [-0.15, -0.1) is 0 Å². The summed E-state index contributed by atoms with van der Waals surface area (Å²) in [5.41, 5.74) is 1.97. The van der Waals surface area contributed by atoms with Gasteiger partial charge in [0.25, 0.3) is 15.2 Å². The minimum Gasteiger partial charge on any atom is -0.470 e. The van der Waals surface area contributed by atoms with Crippen LogP contribution in [0.4, 0.5) is 15.8 Å². The van der Waals surface area contributed by atoms with Crippen LogP contribution in [-0.2, 0) is 14.8 Å². The lowest BCUT2D eigenvalue weighted by molar-refractivity contribution is 0.294. The van der Waals surface area contributed by atoms with Crippen molar-refractivity contribution in [1.29, 1.82) is 0 Å². The van der Waals surface area contributed by atoms with Crippen LogP contribution in [0.15, 0.2) is 47.4 Å². The van der Waals surface area contributed by atoms with Crippen molar-refractivity contribution < 1.29 is 17.5 Å². The Bertz CT molecular complexity index is 900. The van der Waals surface area contributed by atoms with E-state index in [4.69, 9.17) is 17.0 Å². The molecule has 0 aromatic heterocycles. The zero-order valence-electron chi connectivity index (χ0n) is 12.7. The van der Waals surface area contributed by atoms with Gasteiger partial charge in [-0.2, -0.15) is 0 Å². The number of ether oxygens (including phenoxy) is 1. The number of nitrogens with one attached hydrogen (secondary N) is 2. The number of thiocarbonyl (C=S) groups is 1. The molecule has 2 aromatic carbocycles. The second-order valence-electron chi connectivity index (χ2n) is 5.46. The molecular weight excluding hydrogens is 351 g/mol. The summed E-state index contributed by atoms with van der Waals surface area (Å²) >= 11 is 5.03. The lowest BCUT2D eigenvalue weighted by Gasteiger charge is -2.14. The zero-order valence-corrected chi connectivity index (χ0v) is 14.4. The van der Waals surface area contributed by atoms with Gasteiger partial charge in [-0.1, -0.05) is 19.1 Å². The van der Waals surface area contributed by atoms with Crippen LogP contribution >= 0.6 is 12.2 Å². The van der Waals surface area contributed by atoms with Crippen LogP contribution in [0.1, 0.15) is 18.4 Å². The Kier molecular flexibility index (Phi) is 4.42. The molecule has 0 radical (unpaired) electrons. The van der Waals surface area contributed by atoms with E-state index in [0.717, 1.165) is 17.3 Å². The maximum absolute atomic E-state index is 13.8. The predicted molar refractivity (Wildman–Crippen MR) is 94.2 cm³/mol. The van der Waals surface area contributed by atoms with Gasteiger partial charge < -0.3 is 10.1 Å². The van der Waals surface area contributed by atoms with Crippen LogP contribution < -0.4 is 10.0 Å². The molecular formula is C16H15FN2O3S2. The van der Waals surface area contributed by atoms with Crippen molar-refractivity contribution in [3.05, 3.63) is 53.8 Å². The molecule has 126 valence electrons. The van der Waals surface area contributed by atoms with Gasteiger partial charge in [0.2, 0.25) is 0 Å². The third-order valence-electron chi connectivity index (χ3n) is 3.66. The average molecular weight is 366 g/mol. The molecule has 0 saturated heterocycles. The third-order valence-corrected chi connectivity index (χ3v) is 5.30. The zero-order chi connectivity index (χ0) is 17.3. The number of benzene rings is 2. The molecule has 2 N–H and O–H groups in total. The van der Waals surface area contributed by atoms with E-state index < -0.39 is 20.7 Å². The smallest absolute Gasteiger partial charge is 0.264 e. The van der Waals surface area contributed by atoms with Gasteiger partial charge in [-0.05, 0) is 48.1 Å². The monoisotopic (exact) mass is 366 g/mol. The Balaban J connectivity index is 1.94. The normalized spacial score (nSPS) is 17.2. The highest BCUT2D eigenvalue weighted by Crippen LogP contribution is 2.31. The average Bonchev–Trinajstić information content (AvgIpc) is 2.67. The highest BCUT2D eigenvalue weighted by molar-refractivity contribution is 7.92. The second-order valence-corrected chi connectivity index (χ2v) is 7.48. The molecule has 1 aliphatic heterocycles. The van der Waals surface area contributed by atoms with E-state index in [2.05, 4.69) is 10.0 Å². The fraction of sp³-hybridized carbons (Fsp3) is 0.188. The third kappa shape index (κ3) is 3.34. The van der Waals surface area contributed by atoms with Crippen molar-refractivity contribution in [3.8, 4) is 0 Å². The van der Waals surface area contributed by atoms with Gasteiger partial charge in [0.05, 0.1) is 6.61 Å². The first-order chi connectivity index (χ1) is 11.4. The highest BCUT2D eigenvalue weighted by atomic mass is 32.2. The van der Waals surface area contributed by atoms with Crippen LogP contribution in [0, 0.1) is 5.82 Å². The molecule has 2 aromatic rings. The molecule has 0 bridgehead atoms. The van der Waals surface area contributed by atoms with E-state index in [0.29, 0.717) is 12.3 Å². The minimum absolute atomic E-state index is 0.0193. The van der Waals surface area contributed by atoms with Gasteiger partial charge in [0.1, 0.15) is 10.7 Å². The second kappa shape index (κ2) is 6.37. The Morgan fingerprint density at radius 2 is 2.04 bits per heavy atom. The van der Waals surface area contributed by atoms with E-state index in [1.165, 1.54) is 18.2 Å². The van der Waals surface area contributed by atoms with Gasteiger partial charge in [0, 0.05) is 17.3 Å².